The number of aryl methyl sites for hydroxylation is 1. The topological polar surface area (TPSA) is 49.8 Å². The maximum Gasteiger partial charge on any atom is 0.135 e. The van der Waals surface area contributed by atoms with Gasteiger partial charge in [-0.05, 0) is 47.0 Å². The Morgan fingerprint density at radius 1 is 1.16 bits per heavy atom. The van der Waals surface area contributed by atoms with Gasteiger partial charge in [0.1, 0.15) is 18.0 Å². The van der Waals surface area contributed by atoms with Crippen molar-refractivity contribution >= 4 is 33.3 Å². The molecule has 0 aliphatic carbocycles. The third-order valence-corrected chi connectivity index (χ3v) is 3.27. The molecule has 0 aliphatic rings. The van der Waals surface area contributed by atoms with Crippen LogP contribution in [0.3, 0.4) is 0 Å². The fourth-order valence-electron chi connectivity index (χ4n) is 1.63. The SMILES string of the molecule is CCCNc1cc(Nc2ccc(C)cc2Br)ncn1. The molecule has 0 bridgehead atoms. The zero-order valence-corrected chi connectivity index (χ0v) is 12.7. The number of rotatable bonds is 5. The average Bonchev–Trinajstić information content (AvgIpc) is 2.40. The maximum absolute atomic E-state index is 4.22. The highest BCUT2D eigenvalue weighted by atomic mass is 79.9. The average molecular weight is 321 g/mol. The number of hydrogen-bond donors (Lipinski definition) is 2. The van der Waals surface area contributed by atoms with Crippen LogP contribution in [0.25, 0.3) is 0 Å². The van der Waals surface area contributed by atoms with Crippen molar-refractivity contribution in [2.45, 2.75) is 20.3 Å². The molecule has 0 radical (unpaired) electrons. The van der Waals surface area contributed by atoms with E-state index < -0.39 is 0 Å². The van der Waals surface area contributed by atoms with Gasteiger partial charge in [-0.1, -0.05) is 13.0 Å². The Kier molecular flexibility index (Phi) is 4.74. The molecule has 0 fully saturated rings. The van der Waals surface area contributed by atoms with E-state index in [0.717, 1.165) is 34.8 Å². The zero-order chi connectivity index (χ0) is 13.7. The fraction of sp³-hybridized carbons (Fsp3) is 0.286. The Hall–Kier alpha value is -1.62. The highest BCUT2D eigenvalue weighted by Gasteiger charge is 2.03. The van der Waals surface area contributed by atoms with Gasteiger partial charge in [0.15, 0.2) is 0 Å². The van der Waals surface area contributed by atoms with Gasteiger partial charge in [-0.15, -0.1) is 0 Å². The molecule has 19 heavy (non-hydrogen) atoms. The van der Waals surface area contributed by atoms with Crippen molar-refractivity contribution in [3.8, 4) is 0 Å². The maximum atomic E-state index is 4.22. The number of hydrogen-bond acceptors (Lipinski definition) is 4. The summed E-state index contributed by atoms with van der Waals surface area (Å²) in [6.07, 6.45) is 2.62. The molecule has 2 N–H and O–H groups in total. The van der Waals surface area contributed by atoms with Crippen LogP contribution < -0.4 is 10.6 Å². The van der Waals surface area contributed by atoms with Crippen LogP contribution in [-0.4, -0.2) is 16.5 Å². The third kappa shape index (κ3) is 3.92. The van der Waals surface area contributed by atoms with E-state index in [9.17, 15) is 0 Å². The Morgan fingerprint density at radius 3 is 2.68 bits per heavy atom. The van der Waals surface area contributed by atoms with E-state index in [2.05, 4.69) is 62.5 Å². The van der Waals surface area contributed by atoms with Gasteiger partial charge < -0.3 is 10.6 Å². The summed E-state index contributed by atoms with van der Waals surface area (Å²) in [5.41, 5.74) is 2.20. The largest absolute Gasteiger partial charge is 0.370 e. The summed E-state index contributed by atoms with van der Waals surface area (Å²) in [6, 6.07) is 8.06. The molecule has 1 aromatic carbocycles. The van der Waals surface area contributed by atoms with E-state index in [4.69, 9.17) is 0 Å². The molecule has 2 aromatic rings. The fourth-order valence-corrected chi connectivity index (χ4v) is 2.23. The second-order valence-electron chi connectivity index (χ2n) is 4.32. The minimum absolute atomic E-state index is 0.776. The van der Waals surface area contributed by atoms with Crippen LogP contribution in [0, 0.1) is 6.92 Å². The van der Waals surface area contributed by atoms with Crippen LogP contribution in [0.2, 0.25) is 0 Å². The number of nitrogens with one attached hydrogen (secondary N) is 2. The zero-order valence-electron chi connectivity index (χ0n) is 11.1. The Labute approximate surface area is 121 Å². The lowest BCUT2D eigenvalue weighted by molar-refractivity contribution is 0.965. The second-order valence-corrected chi connectivity index (χ2v) is 5.18. The number of nitrogens with zero attached hydrogens (tertiary/aromatic N) is 2. The highest BCUT2D eigenvalue weighted by molar-refractivity contribution is 9.10. The summed E-state index contributed by atoms with van der Waals surface area (Å²) in [7, 11) is 0. The van der Waals surface area contributed by atoms with Crippen molar-refractivity contribution in [1.29, 1.82) is 0 Å². The molecule has 0 atom stereocenters. The van der Waals surface area contributed by atoms with Gasteiger partial charge in [-0.25, -0.2) is 9.97 Å². The van der Waals surface area contributed by atoms with Crippen LogP contribution in [0.15, 0.2) is 35.1 Å². The first kappa shape index (κ1) is 13.8. The van der Waals surface area contributed by atoms with E-state index in [-0.39, 0.29) is 0 Å². The lowest BCUT2D eigenvalue weighted by Crippen LogP contribution is -2.03. The summed E-state index contributed by atoms with van der Waals surface area (Å²) < 4.78 is 1.02. The molecule has 0 unspecified atom stereocenters. The van der Waals surface area contributed by atoms with Gasteiger partial charge in [0.05, 0.1) is 5.69 Å². The molecular weight excluding hydrogens is 304 g/mol. The Morgan fingerprint density at radius 2 is 1.95 bits per heavy atom. The molecule has 1 heterocycles. The first-order valence-corrected chi connectivity index (χ1v) is 7.07. The van der Waals surface area contributed by atoms with Gasteiger partial charge in [0, 0.05) is 17.1 Å². The van der Waals surface area contributed by atoms with Crippen molar-refractivity contribution in [3.63, 3.8) is 0 Å². The van der Waals surface area contributed by atoms with Gasteiger partial charge in [0.25, 0.3) is 0 Å². The molecule has 0 amide bonds. The molecule has 1 aromatic heterocycles. The number of halogens is 1. The minimum atomic E-state index is 0.776. The van der Waals surface area contributed by atoms with E-state index in [1.54, 1.807) is 6.33 Å². The molecule has 0 aliphatic heterocycles. The molecule has 0 saturated heterocycles. The monoisotopic (exact) mass is 320 g/mol. The van der Waals surface area contributed by atoms with Crippen LogP contribution in [0.1, 0.15) is 18.9 Å². The smallest absolute Gasteiger partial charge is 0.135 e. The summed E-state index contributed by atoms with van der Waals surface area (Å²) >= 11 is 3.54. The molecule has 0 spiro atoms. The van der Waals surface area contributed by atoms with Crippen LogP contribution in [0.4, 0.5) is 17.3 Å². The lowest BCUT2D eigenvalue weighted by Gasteiger charge is -2.10. The lowest BCUT2D eigenvalue weighted by atomic mass is 10.2. The van der Waals surface area contributed by atoms with Gasteiger partial charge in [-0.3, -0.25) is 0 Å². The summed E-state index contributed by atoms with van der Waals surface area (Å²) in [6.45, 7) is 5.09. The first-order valence-electron chi connectivity index (χ1n) is 6.28. The highest BCUT2D eigenvalue weighted by Crippen LogP contribution is 2.26. The summed E-state index contributed by atoms with van der Waals surface area (Å²) in [5, 5.41) is 6.52. The van der Waals surface area contributed by atoms with Crippen LogP contribution in [0.5, 0.6) is 0 Å². The number of aromatic nitrogens is 2. The predicted octanol–water partition coefficient (Wildman–Crippen LogP) is 4.11. The van der Waals surface area contributed by atoms with E-state index in [0.29, 0.717) is 0 Å². The summed E-state index contributed by atoms with van der Waals surface area (Å²) in [5.74, 6) is 1.61. The van der Waals surface area contributed by atoms with Crippen molar-refractivity contribution in [2.75, 3.05) is 17.2 Å². The minimum Gasteiger partial charge on any atom is -0.370 e. The Bertz CT molecular complexity index is 557. The molecule has 5 heteroatoms. The molecule has 2 rings (SSSR count). The molecular formula is C14H17BrN4. The Balaban J connectivity index is 2.14. The van der Waals surface area contributed by atoms with E-state index in [1.165, 1.54) is 5.56 Å². The van der Waals surface area contributed by atoms with Crippen molar-refractivity contribution in [3.05, 3.63) is 40.6 Å². The second kappa shape index (κ2) is 6.52. The predicted molar refractivity (Wildman–Crippen MR) is 83.0 cm³/mol. The van der Waals surface area contributed by atoms with Gasteiger partial charge >= 0.3 is 0 Å². The van der Waals surface area contributed by atoms with Crippen molar-refractivity contribution in [1.82, 2.24) is 9.97 Å². The first-order chi connectivity index (χ1) is 9.19. The van der Waals surface area contributed by atoms with Gasteiger partial charge in [-0.2, -0.15) is 0 Å². The van der Waals surface area contributed by atoms with Crippen LogP contribution in [-0.2, 0) is 0 Å². The van der Waals surface area contributed by atoms with Gasteiger partial charge in [0.2, 0.25) is 0 Å². The standard InChI is InChI=1S/C14H17BrN4/c1-3-6-16-13-8-14(18-9-17-13)19-12-5-4-10(2)7-11(12)15/h4-5,7-9H,3,6H2,1-2H3,(H2,16,17,18,19). The molecule has 0 saturated carbocycles. The van der Waals surface area contributed by atoms with E-state index in [1.807, 2.05) is 12.1 Å². The normalized spacial score (nSPS) is 10.3. The molecule has 4 nitrogen and oxygen atoms in total. The number of anilines is 3. The van der Waals surface area contributed by atoms with E-state index >= 15 is 0 Å². The van der Waals surface area contributed by atoms with Crippen molar-refractivity contribution in [2.24, 2.45) is 0 Å². The summed E-state index contributed by atoms with van der Waals surface area (Å²) in [4.78, 5) is 8.40. The number of benzene rings is 1. The van der Waals surface area contributed by atoms with Crippen LogP contribution >= 0.6 is 15.9 Å². The van der Waals surface area contributed by atoms with Crippen molar-refractivity contribution < 1.29 is 0 Å². The third-order valence-electron chi connectivity index (χ3n) is 2.61. The molecule has 100 valence electrons. The quantitative estimate of drug-likeness (QED) is 0.870.